The smallest absolute Gasteiger partial charge is 0.0624 e. The Morgan fingerprint density at radius 2 is 1.62 bits per heavy atom. The van der Waals surface area contributed by atoms with Crippen LogP contribution in [0.4, 0.5) is 0 Å². The van der Waals surface area contributed by atoms with E-state index in [1.165, 1.54) is 0 Å². The molecule has 16 heavy (non-hydrogen) atoms. The molecule has 0 bridgehead atoms. The molecule has 0 fully saturated rings. The Morgan fingerprint density at radius 1 is 0.938 bits per heavy atom. The van der Waals surface area contributed by atoms with E-state index >= 15 is 0 Å². The van der Waals surface area contributed by atoms with Gasteiger partial charge in [0.25, 0.3) is 0 Å². The fourth-order valence-electron chi connectivity index (χ4n) is 1.68. The van der Waals surface area contributed by atoms with Gasteiger partial charge in [-0.25, -0.2) is 0 Å². The average Bonchev–Trinajstić information content (AvgIpc) is 2.39. The summed E-state index contributed by atoms with van der Waals surface area (Å²) >= 11 is 0. The van der Waals surface area contributed by atoms with Crippen molar-refractivity contribution in [1.82, 2.24) is 0 Å². The van der Waals surface area contributed by atoms with Crippen LogP contribution in [-0.2, 0) is 0 Å². The molecule has 0 aliphatic rings. The Bertz CT molecular complexity index is 453. The molecule has 0 spiro atoms. The summed E-state index contributed by atoms with van der Waals surface area (Å²) in [6.45, 7) is -0.0295. The molecule has 2 nitrogen and oxygen atoms in total. The molecule has 0 amide bonds. The van der Waals surface area contributed by atoms with E-state index in [4.69, 9.17) is 10.8 Å². The lowest BCUT2D eigenvalue weighted by atomic mass is 10.0. The SMILES string of the molecule is N[C@@H](CO)c1cccc(-c2ccccc2)c1. The van der Waals surface area contributed by atoms with E-state index < -0.39 is 0 Å². The third-order valence-electron chi connectivity index (χ3n) is 2.62. The summed E-state index contributed by atoms with van der Waals surface area (Å²) in [5.74, 6) is 0. The van der Waals surface area contributed by atoms with Crippen LogP contribution < -0.4 is 5.73 Å². The zero-order valence-electron chi connectivity index (χ0n) is 9.01. The summed E-state index contributed by atoms with van der Waals surface area (Å²) in [6, 6.07) is 17.8. The quantitative estimate of drug-likeness (QED) is 0.822. The van der Waals surface area contributed by atoms with Gasteiger partial charge in [-0.05, 0) is 22.8 Å². The van der Waals surface area contributed by atoms with Gasteiger partial charge >= 0.3 is 0 Å². The molecule has 82 valence electrons. The van der Waals surface area contributed by atoms with E-state index in [0.717, 1.165) is 16.7 Å². The van der Waals surface area contributed by atoms with E-state index in [-0.39, 0.29) is 12.6 Å². The molecule has 0 aromatic heterocycles. The predicted molar refractivity (Wildman–Crippen MR) is 65.9 cm³/mol. The van der Waals surface area contributed by atoms with Crippen LogP contribution in [-0.4, -0.2) is 11.7 Å². The molecule has 0 aliphatic heterocycles. The molecule has 2 aromatic carbocycles. The Hall–Kier alpha value is -1.64. The van der Waals surface area contributed by atoms with Gasteiger partial charge in [-0.15, -0.1) is 0 Å². The largest absolute Gasteiger partial charge is 0.394 e. The summed E-state index contributed by atoms with van der Waals surface area (Å²) in [6.07, 6.45) is 0. The van der Waals surface area contributed by atoms with Crippen molar-refractivity contribution in [2.24, 2.45) is 5.73 Å². The maximum atomic E-state index is 9.02. The van der Waals surface area contributed by atoms with Crippen LogP contribution in [0.15, 0.2) is 54.6 Å². The molecule has 0 aliphatic carbocycles. The number of rotatable bonds is 3. The lowest BCUT2D eigenvalue weighted by Crippen LogP contribution is -2.14. The highest BCUT2D eigenvalue weighted by atomic mass is 16.3. The van der Waals surface area contributed by atoms with Crippen molar-refractivity contribution >= 4 is 0 Å². The van der Waals surface area contributed by atoms with Gasteiger partial charge in [-0.3, -0.25) is 0 Å². The molecule has 0 radical (unpaired) electrons. The van der Waals surface area contributed by atoms with Gasteiger partial charge in [-0.1, -0.05) is 48.5 Å². The molecule has 0 saturated heterocycles. The predicted octanol–water partition coefficient (Wildman–Crippen LogP) is 2.35. The first-order valence-corrected chi connectivity index (χ1v) is 5.33. The first-order chi connectivity index (χ1) is 7.81. The van der Waals surface area contributed by atoms with Crippen molar-refractivity contribution in [3.63, 3.8) is 0 Å². The highest BCUT2D eigenvalue weighted by Crippen LogP contribution is 2.22. The molecule has 1 atom stereocenters. The second kappa shape index (κ2) is 4.92. The van der Waals surface area contributed by atoms with Gasteiger partial charge in [0.2, 0.25) is 0 Å². The monoisotopic (exact) mass is 213 g/mol. The number of hydrogen-bond acceptors (Lipinski definition) is 2. The maximum absolute atomic E-state index is 9.02. The zero-order valence-corrected chi connectivity index (χ0v) is 9.01. The second-order valence-electron chi connectivity index (χ2n) is 3.78. The van der Waals surface area contributed by atoms with E-state index in [1.807, 2.05) is 42.5 Å². The average molecular weight is 213 g/mol. The Kier molecular flexibility index (Phi) is 3.34. The lowest BCUT2D eigenvalue weighted by Gasteiger charge is -2.10. The minimum Gasteiger partial charge on any atom is -0.394 e. The normalized spacial score (nSPS) is 12.4. The van der Waals surface area contributed by atoms with Gasteiger partial charge in [0.05, 0.1) is 12.6 Å². The molecule has 2 heteroatoms. The van der Waals surface area contributed by atoms with Crippen molar-refractivity contribution in [2.75, 3.05) is 6.61 Å². The van der Waals surface area contributed by atoms with Gasteiger partial charge in [0.15, 0.2) is 0 Å². The van der Waals surface area contributed by atoms with Gasteiger partial charge < -0.3 is 10.8 Å². The maximum Gasteiger partial charge on any atom is 0.0624 e. The Balaban J connectivity index is 2.36. The number of benzene rings is 2. The van der Waals surface area contributed by atoms with Crippen molar-refractivity contribution in [1.29, 1.82) is 0 Å². The van der Waals surface area contributed by atoms with Crippen molar-refractivity contribution in [3.05, 3.63) is 60.2 Å². The number of nitrogens with two attached hydrogens (primary N) is 1. The van der Waals surface area contributed by atoms with E-state index in [9.17, 15) is 0 Å². The summed E-state index contributed by atoms with van der Waals surface area (Å²) in [4.78, 5) is 0. The summed E-state index contributed by atoms with van der Waals surface area (Å²) in [5.41, 5.74) is 9.04. The van der Waals surface area contributed by atoms with Crippen molar-refractivity contribution in [3.8, 4) is 11.1 Å². The highest BCUT2D eigenvalue weighted by molar-refractivity contribution is 5.64. The first-order valence-electron chi connectivity index (χ1n) is 5.33. The molecule has 0 saturated carbocycles. The zero-order chi connectivity index (χ0) is 11.4. The Morgan fingerprint density at radius 3 is 2.31 bits per heavy atom. The van der Waals surface area contributed by atoms with Crippen molar-refractivity contribution in [2.45, 2.75) is 6.04 Å². The molecule has 3 N–H and O–H groups in total. The van der Waals surface area contributed by atoms with E-state index in [0.29, 0.717) is 0 Å². The van der Waals surface area contributed by atoms with Crippen LogP contribution in [0, 0.1) is 0 Å². The third-order valence-corrected chi connectivity index (χ3v) is 2.62. The minimum absolute atomic E-state index is 0.0295. The summed E-state index contributed by atoms with van der Waals surface area (Å²) in [5, 5.41) is 9.02. The van der Waals surface area contributed by atoms with Crippen molar-refractivity contribution < 1.29 is 5.11 Å². The fraction of sp³-hybridized carbons (Fsp3) is 0.143. The second-order valence-corrected chi connectivity index (χ2v) is 3.78. The van der Waals surface area contributed by atoms with Crippen LogP contribution >= 0.6 is 0 Å². The molecule has 0 unspecified atom stereocenters. The van der Waals surface area contributed by atoms with Crippen LogP contribution in [0.2, 0.25) is 0 Å². The number of hydrogen-bond donors (Lipinski definition) is 2. The van der Waals surface area contributed by atoms with Gasteiger partial charge in [-0.2, -0.15) is 0 Å². The fourth-order valence-corrected chi connectivity index (χ4v) is 1.68. The van der Waals surface area contributed by atoms with Crippen LogP contribution in [0.3, 0.4) is 0 Å². The molecular weight excluding hydrogens is 198 g/mol. The minimum atomic E-state index is -0.302. The summed E-state index contributed by atoms with van der Waals surface area (Å²) in [7, 11) is 0. The standard InChI is InChI=1S/C14H15NO/c15-14(10-16)13-8-4-7-12(9-13)11-5-2-1-3-6-11/h1-9,14,16H,10,15H2/t14-/m0/s1. The van der Waals surface area contributed by atoms with Crippen LogP contribution in [0.25, 0.3) is 11.1 Å². The molecular formula is C14H15NO. The van der Waals surface area contributed by atoms with Crippen LogP contribution in [0.5, 0.6) is 0 Å². The Labute approximate surface area is 95.4 Å². The molecule has 0 heterocycles. The first kappa shape index (κ1) is 10.9. The summed E-state index contributed by atoms with van der Waals surface area (Å²) < 4.78 is 0. The molecule has 2 rings (SSSR count). The van der Waals surface area contributed by atoms with E-state index in [2.05, 4.69) is 12.1 Å². The van der Waals surface area contributed by atoms with Crippen LogP contribution in [0.1, 0.15) is 11.6 Å². The number of aliphatic hydroxyl groups is 1. The third kappa shape index (κ3) is 2.30. The van der Waals surface area contributed by atoms with E-state index in [1.54, 1.807) is 0 Å². The molecule has 2 aromatic rings. The number of aliphatic hydroxyl groups excluding tert-OH is 1. The topological polar surface area (TPSA) is 46.2 Å². The lowest BCUT2D eigenvalue weighted by molar-refractivity contribution is 0.268. The van der Waals surface area contributed by atoms with Gasteiger partial charge in [0.1, 0.15) is 0 Å². The van der Waals surface area contributed by atoms with Gasteiger partial charge in [0, 0.05) is 0 Å². The highest BCUT2D eigenvalue weighted by Gasteiger charge is 2.05.